The molecular formula is C19H15FN4O. The maximum atomic E-state index is 13.2. The molecule has 124 valence electrons. The maximum Gasteiger partial charge on any atom is 0.144 e. The van der Waals surface area contributed by atoms with Gasteiger partial charge in [0, 0.05) is 11.9 Å². The number of ether oxygens (including phenoxy) is 1. The molecule has 5 nitrogen and oxygen atoms in total. The van der Waals surface area contributed by atoms with Crippen LogP contribution in [0.4, 0.5) is 15.9 Å². The van der Waals surface area contributed by atoms with Crippen molar-refractivity contribution in [3.8, 4) is 17.1 Å². The molecule has 0 bridgehead atoms. The fourth-order valence-corrected chi connectivity index (χ4v) is 2.60. The van der Waals surface area contributed by atoms with Gasteiger partial charge >= 0.3 is 0 Å². The number of methoxy groups -OCH3 is 1. The van der Waals surface area contributed by atoms with E-state index in [0.29, 0.717) is 17.1 Å². The summed E-state index contributed by atoms with van der Waals surface area (Å²) in [6.07, 6.45) is 3.57. The normalized spacial score (nSPS) is 10.8. The van der Waals surface area contributed by atoms with Gasteiger partial charge in [-0.15, -0.1) is 0 Å². The van der Waals surface area contributed by atoms with E-state index in [-0.39, 0.29) is 5.82 Å². The quantitative estimate of drug-likeness (QED) is 0.605. The Balaban J connectivity index is 1.83. The summed E-state index contributed by atoms with van der Waals surface area (Å²) in [6.45, 7) is 0. The molecule has 4 rings (SSSR count). The van der Waals surface area contributed by atoms with Gasteiger partial charge in [-0.2, -0.15) is 0 Å². The largest absolute Gasteiger partial charge is 0.495 e. The second-order valence-corrected chi connectivity index (χ2v) is 5.45. The van der Waals surface area contributed by atoms with E-state index in [4.69, 9.17) is 4.74 Å². The Morgan fingerprint density at radius 1 is 1.04 bits per heavy atom. The Morgan fingerprint density at radius 2 is 1.88 bits per heavy atom. The average Bonchev–Trinajstić information content (AvgIpc) is 3.02. The van der Waals surface area contributed by atoms with E-state index in [0.717, 1.165) is 17.2 Å². The molecule has 6 heteroatoms. The van der Waals surface area contributed by atoms with Crippen LogP contribution >= 0.6 is 0 Å². The van der Waals surface area contributed by atoms with Crippen molar-refractivity contribution in [2.75, 3.05) is 12.4 Å². The zero-order valence-corrected chi connectivity index (χ0v) is 13.5. The number of hydrogen-bond acceptors (Lipinski definition) is 4. The highest BCUT2D eigenvalue weighted by Gasteiger charge is 2.15. The van der Waals surface area contributed by atoms with Crippen molar-refractivity contribution in [3.05, 3.63) is 72.8 Å². The predicted molar refractivity (Wildman–Crippen MR) is 94.7 cm³/mol. The molecule has 4 aromatic rings. The van der Waals surface area contributed by atoms with Crippen LogP contribution in [-0.2, 0) is 0 Å². The number of halogens is 1. The molecule has 0 aliphatic rings. The van der Waals surface area contributed by atoms with Gasteiger partial charge in [0.1, 0.15) is 28.7 Å². The third-order valence-corrected chi connectivity index (χ3v) is 3.85. The van der Waals surface area contributed by atoms with E-state index in [9.17, 15) is 4.39 Å². The number of rotatable bonds is 4. The van der Waals surface area contributed by atoms with Gasteiger partial charge in [-0.3, -0.25) is 9.38 Å². The van der Waals surface area contributed by atoms with E-state index < -0.39 is 0 Å². The molecule has 0 atom stereocenters. The molecule has 0 amide bonds. The minimum Gasteiger partial charge on any atom is -0.495 e. The van der Waals surface area contributed by atoms with Crippen LogP contribution in [0.1, 0.15) is 0 Å². The molecule has 1 aromatic carbocycles. The maximum absolute atomic E-state index is 13.2. The van der Waals surface area contributed by atoms with Crippen molar-refractivity contribution in [2.45, 2.75) is 0 Å². The summed E-state index contributed by atoms with van der Waals surface area (Å²) < 4.78 is 20.3. The first kappa shape index (κ1) is 15.1. The van der Waals surface area contributed by atoms with Gasteiger partial charge in [-0.05, 0) is 48.5 Å². The van der Waals surface area contributed by atoms with Gasteiger partial charge in [0.25, 0.3) is 0 Å². The number of aromatic nitrogens is 3. The Hall–Kier alpha value is -3.41. The van der Waals surface area contributed by atoms with Gasteiger partial charge in [0.15, 0.2) is 0 Å². The first-order chi connectivity index (χ1) is 12.2. The average molecular weight is 334 g/mol. The number of nitrogens with zero attached hydrogens (tertiary/aromatic N) is 3. The summed E-state index contributed by atoms with van der Waals surface area (Å²) in [5, 5.41) is 3.31. The Kier molecular flexibility index (Phi) is 3.78. The highest BCUT2D eigenvalue weighted by atomic mass is 19.1. The summed E-state index contributed by atoms with van der Waals surface area (Å²) in [4.78, 5) is 9.11. The zero-order chi connectivity index (χ0) is 17.2. The van der Waals surface area contributed by atoms with Gasteiger partial charge in [0.05, 0.1) is 19.0 Å². The highest BCUT2D eigenvalue weighted by molar-refractivity contribution is 5.78. The highest BCUT2D eigenvalue weighted by Crippen LogP contribution is 2.30. The molecule has 0 aliphatic heterocycles. The lowest BCUT2D eigenvalue weighted by Crippen LogP contribution is -1.97. The van der Waals surface area contributed by atoms with E-state index >= 15 is 0 Å². The summed E-state index contributed by atoms with van der Waals surface area (Å²) >= 11 is 0. The first-order valence-electron chi connectivity index (χ1n) is 7.75. The lowest BCUT2D eigenvalue weighted by molar-refractivity contribution is 0.413. The molecule has 0 saturated carbocycles. The number of fused-ring (bicyclic) bond motifs is 1. The van der Waals surface area contributed by atoms with E-state index in [2.05, 4.69) is 15.3 Å². The molecule has 0 fully saturated rings. The van der Waals surface area contributed by atoms with Gasteiger partial charge in [-0.1, -0.05) is 6.07 Å². The van der Waals surface area contributed by atoms with Crippen LogP contribution in [0.3, 0.4) is 0 Å². The van der Waals surface area contributed by atoms with Crippen molar-refractivity contribution in [2.24, 2.45) is 0 Å². The second kappa shape index (κ2) is 6.24. The molecule has 0 radical (unpaired) electrons. The van der Waals surface area contributed by atoms with Crippen molar-refractivity contribution < 1.29 is 9.13 Å². The third kappa shape index (κ3) is 2.89. The van der Waals surface area contributed by atoms with Crippen LogP contribution in [-0.4, -0.2) is 21.5 Å². The third-order valence-electron chi connectivity index (χ3n) is 3.85. The van der Waals surface area contributed by atoms with E-state index in [1.807, 2.05) is 40.9 Å². The predicted octanol–water partition coefficient (Wildman–Crippen LogP) is 4.29. The van der Waals surface area contributed by atoms with Crippen LogP contribution in [0.15, 0.2) is 67.0 Å². The fourth-order valence-electron chi connectivity index (χ4n) is 2.60. The topological polar surface area (TPSA) is 51.5 Å². The van der Waals surface area contributed by atoms with Crippen LogP contribution in [0, 0.1) is 5.82 Å². The zero-order valence-electron chi connectivity index (χ0n) is 13.5. The SMILES string of the molecule is COc1ccc(-c2nc3ccccn3c2Nc2ccc(F)cc2)nc1. The van der Waals surface area contributed by atoms with Crippen LogP contribution in [0.5, 0.6) is 5.75 Å². The summed E-state index contributed by atoms with van der Waals surface area (Å²) in [5.41, 5.74) is 2.98. The Labute approximate surface area is 143 Å². The Morgan fingerprint density at radius 3 is 2.60 bits per heavy atom. The van der Waals surface area contributed by atoms with E-state index in [1.54, 1.807) is 25.4 Å². The molecule has 3 heterocycles. The number of nitrogens with one attached hydrogen (secondary N) is 1. The summed E-state index contributed by atoms with van der Waals surface area (Å²) in [5.74, 6) is 1.17. The minimum atomic E-state index is -0.277. The monoisotopic (exact) mass is 334 g/mol. The van der Waals surface area contributed by atoms with Crippen LogP contribution in [0.2, 0.25) is 0 Å². The van der Waals surface area contributed by atoms with E-state index in [1.165, 1.54) is 12.1 Å². The van der Waals surface area contributed by atoms with Crippen LogP contribution < -0.4 is 10.1 Å². The van der Waals surface area contributed by atoms with Crippen LogP contribution in [0.25, 0.3) is 17.0 Å². The molecule has 0 unspecified atom stereocenters. The fraction of sp³-hybridized carbons (Fsp3) is 0.0526. The lowest BCUT2D eigenvalue weighted by atomic mass is 10.2. The van der Waals surface area contributed by atoms with Crippen molar-refractivity contribution in [1.29, 1.82) is 0 Å². The van der Waals surface area contributed by atoms with Crippen molar-refractivity contribution >= 4 is 17.2 Å². The molecule has 3 aromatic heterocycles. The van der Waals surface area contributed by atoms with Crippen molar-refractivity contribution in [1.82, 2.24) is 14.4 Å². The van der Waals surface area contributed by atoms with Gasteiger partial charge < -0.3 is 10.1 Å². The summed E-state index contributed by atoms with van der Waals surface area (Å²) in [6, 6.07) is 15.7. The number of imidazole rings is 1. The number of pyridine rings is 2. The second-order valence-electron chi connectivity index (χ2n) is 5.45. The Bertz CT molecular complexity index is 1010. The van der Waals surface area contributed by atoms with Gasteiger partial charge in [-0.25, -0.2) is 9.37 Å². The lowest BCUT2D eigenvalue weighted by Gasteiger charge is -2.09. The van der Waals surface area contributed by atoms with Gasteiger partial charge in [0.2, 0.25) is 0 Å². The molecule has 0 aliphatic carbocycles. The molecule has 0 spiro atoms. The molecular weight excluding hydrogens is 319 g/mol. The molecule has 25 heavy (non-hydrogen) atoms. The first-order valence-corrected chi connectivity index (χ1v) is 7.75. The number of hydrogen-bond donors (Lipinski definition) is 1. The molecule has 1 N–H and O–H groups in total. The van der Waals surface area contributed by atoms with Crippen molar-refractivity contribution in [3.63, 3.8) is 0 Å². The number of benzene rings is 1. The number of anilines is 2. The minimum absolute atomic E-state index is 0.277. The standard InChI is InChI=1S/C19H15FN4O/c1-25-15-9-10-16(21-12-15)18-19(22-14-7-5-13(20)6-8-14)24-11-3-2-4-17(24)23-18/h2-12,22H,1H3. The smallest absolute Gasteiger partial charge is 0.144 e. The molecule has 0 saturated heterocycles. The summed E-state index contributed by atoms with van der Waals surface area (Å²) in [7, 11) is 1.60.